The van der Waals surface area contributed by atoms with Crippen LogP contribution in [0.3, 0.4) is 0 Å². The Labute approximate surface area is 182 Å². The number of aromatic nitrogens is 4. The van der Waals surface area contributed by atoms with Gasteiger partial charge in [-0.05, 0) is 80.1 Å². The van der Waals surface area contributed by atoms with E-state index >= 15 is 0 Å². The van der Waals surface area contributed by atoms with Crippen LogP contribution >= 0.6 is 0 Å². The predicted molar refractivity (Wildman–Crippen MR) is 124 cm³/mol. The van der Waals surface area contributed by atoms with Crippen LogP contribution in [0.2, 0.25) is 0 Å². The number of fused-ring (bicyclic) bond motifs is 2. The zero-order valence-corrected chi connectivity index (χ0v) is 18.4. The largest absolute Gasteiger partial charge is 0.354 e. The summed E-state index contributed by atoms with van der Waals surface area (Å²) < 4.78 is 1.91. The Morgan fingerprint density at radius 2 is 2.00 bits per heavy atom. The van der Waals surface area contributed by atoms with Crippen LogP contribution in [0.5, 0.6) is 0 Å². The van der Waals surface area contributed by atoms with Gasteiger partial charge in [-0.15, -0.1) is 0 Å². The van der Waals surface area contributed by atoms with Crippen molar-refractivity contribution >= 4 is 22.8 Å². The first-order valence-corrected chi connectivity index (χ1v) is 11.2. The fourth-order valence-electron chi connectivity index (χ4n) is 5.08. The molecular weight excluding hydrogens is 386 g/mol. The average molecular weight is 416 g/mol. The number of rotatable bonds is 5. The maximum absolute atomic E-state index is 10.8. The second-order valence-electron chi connectivity index (χ2n) is 9.00. The molecule has 1 saturated heterocycles. The van der Waals surface area contributed by atoms with Crippen LogP contribution < -0.4 is 0 Å². The van der Waals surface area contributed by atoms with Crippen molar-refractivity contribution in [2.75, 3.05) is 19.6 Å². The van der Waals surface area contributed by atoms with Gasteiger partial charge < -0.3 is 9.78 Å². The smallest absolute Gasteiger partial charge is 0.164 e. The van der Waals surface area contributed by atoms with Crippen LogP contribution in [-0.2, 0) is 4.79 Å². The average Bonchev–Trinajstić information content (AvgIpc) is 3.40. The Kier molecular flexibility index (Phi) is 5.10. The molecular formula is C25H29N5O. The summed E-state index contributed by atoms with van der Waals surface area (Å²) in [6.45, 7) is 9.10. The van der Waals surface area contributed by atoms with Crippen molar-refractivity contribution in [3.8, 4) is 11.3 Å². The number of aldehydes is 1. The number of nitrogens with zero attached hydrogens (tertiary/aromatic N) is 4. The van der Waals surface area contributed by atoms with Gasteiger partial charge in [-0.3, -0.25) is 4.90 Å². The van der Waals surface area contributed by atoms with Gasteiger partial charge in [0.05, 0.1) is 12.2 Å². The summed E-state index contributed by atoms with van der Waals surface area (Å²) in [5, 5.41) is 5.70. The first-order chi connectivity index (χ1) is 15.1. The molecule has 6 heteroatoms. The lowest BCUT2D eigenvalue weighted by Crippen LogP contribution is -2.34. The van der Waals surface area contributed by atoms with Crippen molar-refractivity contribution in [2.24, 2.45) is 0 Å². The number of hydrogen-bond donors (Lipinski definition) is 1. The van der Waals surface area contributed by atoms with Crippen molar-refractivity contribution in [3.63, 3.8) is 0 Å². The molecule has 4 heterocycles. The molecule has 0 atom stereocenters. The molecule has 0 unspecified atom stereocenters. The summed E-state index contributed by atoms with van der Waals surface area (Å²) in [5.74, 6) is 0.922. The third-order valence-electron chi connectivity index (χ3n) is 6.72. The summed E-state index contributed by atoms with van der Waals surface area (Å²) >= 11 is 0. The number of H-pyrrole nitrogens is 1. The van der Waals surface area contributed by atoms with Crippen molar-refractivity contribution in [1.82, 2.24) is 24.5 Å². The van der Waals surface area contributed by atoms with Gasteiger partial charge in [0.1, 0.15) is 12.6 Å². The number of pyridine rings is 1. The Bertz CT molecular complexity index is 1240. The van der Waals surface area contributed by atoms with E-state index in [-0.39, 0.29) is 0 Å². The summed E-state index contributed by atoms with van der Waals surface area (Å²) in [4.78, 5) is 21.3. The van der Waals surface area contributed by atoms with Gasteiger partial charge in [0.15, 0.2) is 5.65 Å². The van der Waals surface area contributed by atoms with E-state index < -0.39 is 0 Å². The number of hydrogen-bond acceptors (Lipinski definition) is 4. The summed E-state index contributed by atoms with van der Waals surface area (Å²) in [5.41, 5.74) is 8.09. The van der Waals surface area contributed by atoms with Crippen molar-refractivity contribution in [3.05, 3.63) is 53.5 Å². The highest BCUT2D eigenvalue weighted by molar-refractivity contribution is 5.94. The minimum absolute atomic E-state index is 0.373. The maximum Gasteiger partial charge on any atom is 0.164 e. The highest BCUT2D eigenvalue weighted by Gasteiger charge is 2.23. The monoisotopic (exact) mass is 415 g/mol. The third-order valence-corrected chi connectivity index (χ3v) is 6.72. The normalized spacial score (nSPS) is 16.0. The summed E-state index contributed by atoms with van der Waals surface area (Å²) in [7, 11) is 0. The molecule has 1 N–H and O–H groups in total. The molecule has 1 fully saturated rings. The first-order valence-electron chi connectivity index (χ1n) is 11.2. The van der Waals surface area contributed by atoms with Gasteiger partial charge in [-0.1, -0.05) is 19.9 Å². The molecule has 5 rings (SSSR count). The fourth-order valence-corrected chi connectivity index (χ4v) is 5.08. The molecule has 4 aromatic rings. The molecule has 1 aromatic carbocycles. The van der Waals surface area contributed by atoms with Crippen molar-refractivity contribution in [1.29, 1.82) is 0 Å². The van der Waals surface area contributed by atoms with Crippen LogP contribution in [0.4, 0.5) is 0 Å². The van der Waals surface area contributed by atoms with Crippen LogP contribution in [-0.4, -0.2) is 50.4 Å². The van der Waals surface area contributed by atoms with E-state index in [1.807, 2.05) is 11.4 Å². The molecule has 160 valence electrons. The second kappa shape index (κ2) is 7.93. The molecule has 0 bridgehead atoms. The maximum atomic E-state index is 10.8. The first kappa shape index (κ1) is 19.9. The Balaban J connectivity index is 1.58. The molecule has 0 spiro atoms. The standard InChI is InChI=1S/C25H29N5O/c1-16(2)23-21-14-19(18-8-10-29(11-9-18)12-13-31)5-7-22(21)28-24(23)20-6-4-17(3)30-25(20)26-15-27-30/h4-7,13-16,18,28H,8-12H2,1-3H3. The Hall–Kier alpha value is -2.99. The van der Waals surface area contributed by atoms with E-state index in [0.29, 0.717) is 18.4 Å². The zero-order valence-electron chi connectivity index (χ0n) is 18.4. The molecule has 6 nitrogen and oxygen atoms in total. The minimum atomic E-state index is 0.373. The van der Waals surface area contributed by atoms with Gasteiger partial charge in [-0.25, -0.2) is 9.50 Å². The number of nitrogens with one attached hydrogen (secondary N) is 1. The molecule has 0 amide bonds. The SMILES string of the molecule is Cc1ccc(-c2[nH]c3ccc(C4CCN(CC=O)CC4)cc3c2C(C)C)c2ncnn12. The lowest BCUT2D eigenvalue weighted by molar-refractivity contribution is -0.109. The molecule has 31 heavy (non-hydrogen) atoms. The third kappa shape index (κ3) is 3.45. The topological polar surface area (TPSA) is 66.3 Å². The Morgan fingerprint density at radius 1 is 1.19 bits per heavy atom. The highest BCUT2D eigenvalue weighted by Crippen LogP contribution is 2.39. The number of carbonyl (C=O) groups is 1. The van der Waals surface area contributed by atoms with Crippen LogP contribution in [0, 0.1) is 6.92 Å². The number of aryl methyl sites for hydroxylation is 1. The minimum Gasteiger partial charge on any atom is -0.354 e. The molecule has 0 aliphatic carbocycles. The van der Waals surface area contributed by atoms with Gasteiger partial charge in [0, 0.05) is 22.2 Å². The lowest BCUT2D eigenvalue weighted by atomic mass is 9.87. The number of benzene rings is 1. The van der Waals surface area contributed by atoms with Crippen LogP contribution in [0.1, 0.15) is 55.3 Å². The zero-order chi connectivity index (χ0) is 21.5. The molecule has 0 saturated carbocycles. The van der Waals surface area contributed by atoms with Gasteiger partial charge in [0.2, 0.25) is 0 Å². The number of piperidine rings is 1. The van der Waals surface area contributed by atoms with Gasteiger partial charge in [0.25, 0.3) is 0 Å². The highest BCUT2D eigenvalue weighted by atomic mass is 16.1. The number of carbonyl (C=O) groups excluding carboxylic acids is 1. The molecule has 1 aliphatic heterocycles. The summed E-state index contributed by atoms with van der Waals surface area (Å²) in [6.07, 6.45) is 4.84. The molecule has 0 radical (unpaired) electrons. The van der Waals surface area contributed by atoms with E-state index in [9.17, 15) is 4.79 Å². The predicted octanol–water partition coefficient (Wildman–Crippen LogP) is 4.69. The Morgan fingerprint density at radius 3 is 2.74 bits per heavy atom. The van der Waals surface area contributed by atoms with E-state index in [2.05, 4.69) is 64.1 Å². The van der Waals surface area contributed by atoms with Gasteiger partial charge >= 0.3 is 0 Å². The van der Waals surface area contributed by atoms with E-state index in [4.69, 9.17) is 0 Å². The van der Waals surface area contributed by atoms with E-state index in [1.54, 1.807) is 6.33 Å². The van der Waals surface area contributed by atoms with E-state index in [0.717, 1.165) is 54.8 Å². The summed E-state index contributed by atoms with van der Waals surface area (Å²) in [6, 6.07) is 11.1. The van der Waals surface area contributed by atoms with E-state index in [1.165, 1.54) is 22.0 Å². The lowest BCUT2D eigenvalue weighted by Gasteiger charge is -2.30. The fraction of sp³-hybridized carbons (Fsp3) is 0.400. The quantitative estimate of drug-likeness (QED) is 0.480. The van der Waals surface area contributed by atoms with Crippen LogP contribution in [0.15, 0.2) is 36.7 Å². The number of likely N-dealkylation sites (tertiary alicyclic amines) is 1. The van der Waals surface area contributed by atoms with Crippen molar-refractivity contribution < 1.29 is 4.79 Å². The molecule has 3 aromatic heterocycles. The molecule has 1 aliphatic rings. The second-order valence-corrected chi connectivity index (χ2v) is 9.00. The number of aromatic amines is 1. The van der Waals surface area contributed by atoms with Crippen LogP contribution in [0.25, 0.3) is 27.8 Å². The van der Waals surface area contributed by atoms with Gasteiger partial charge in [-0.2, -0.15) is 5.10 Å². The van der Waals surface area contributed by atoms with Crippen molar-refractivity contribution in [2.45, 2.75) is 45.4 Å².